The highest BCUT2D eigenvalue weighted by atomic mass is 16.5. The van der Waals surface area contributed by atoms with Crippen LogP contribution in [0.4, 0.5) is 0 Å². The number of carbonyl (C=O) groups is 1. The van der Waals surface area contributed by atoms with Crippen LogP contribution in [0.25, 0.3) is 6.08 Å². The molecule has 0 bridgehead atoms. The molecule has 0 unspecified atom stereocenters. The van der Waals surface area contributed by atoms with Gasteiger partial charge in [-0.15, -0.1) is 0 Å². The van der Waals surface area contributed by atoms with Crippen LogP contribution < -0.4 is 5.32 Å². The molecule has 1 amide bonds. The number of rotatable bonds is 6. The highest BCUT2D eigenvalue weighted by molar-refractivity contribution is 5.98. The number of hydrogen-bond donors (Lipinski definition) is 1. The molecule has 0 radical (unpaired) electrons. The van der Waals surface area contributed by atoms with E-state index in [0.717, 1.165) is 17.5 Å². The van der Waals surface area contributed by atoms with Crippen LogP contribution in [0.2, 0.25) is 0 Å². The van der Waals surface area contributed by atoms with Gasteiger partial charge in [-0.05, 0) is 30.5 Å². The predicted octanol–water partition coefficient (Wildman–Crippen LogP) is 2.40. The third-order valence-electron chi connectivity index (χ3n) is 2.58. The van der Waals surface area contributed by atoms with Gasteiger partial charge in [0.25, 0.3) is 5.91 Å². The Bertz CT molecular complexity index is 399. The maximum atomic E-state index is 11.9. The fourth-order valence-electron chi connectivity index (χ4n) is 1.66. The normalized spacial score (nSPS) is 10.0. The monoisotopic (exact) mass is 233 g/mol. The van der Waals surface area contributed by atoms with Crippen LogP contribution in [0.15, 0.2) is 24.8 Å². The summed E-state index contributed by atoms with van der Waals surface area (Å²) in [6.07, 6.45) is 2.54. The SMILES string of the molecule is C=Cc1c(C)cccc1C(=O)NCCCOC. The van der Waals surface area contributed by atoms with Crippen molar-refractivity contribution >= 4 is 12.0 Å². The van der Waals surface area contributed by atoms with Crippen LogP contribution in [-0.2, 0) is 4.74 Å². The molecule has 0 aliphatic carbocycles. The molecule has 1 rings (SSSR count). The fraction of sp³-hybridized carbons (Fsp3) is 0.357. The first-order valence-corrected chi connectivity index (χ1v) is 5.70. The minimum absolute atomic E-state index is 0.0558. The van der Waals surface area contributed by atoms with Crippen LogP contribution >= 0.6 is 0 Å². The van der Waals surface area contributed by atoms with Gasteiger partial charge in [-0.25, -0.2) is 0 Å². The smallest absolute Gasteiger partial charge is 0.251 e. The quantitative estimate of drug-likeness (QED) is 0.766. The van der Waals surface area contributed by atoms with Gasteiger partial charge in [-0.1, -0.05) is 24.8 Å². The van der Waals surface area contributed by atoms with Crippen LogP contribution in [0, 0.1) is 6.92 Å². The highest BCUT2D eigenvalue weighted by Gasteiger charge is 2.09. The van der Waals surface area contributed by atoms with E-state index < -0.39 is 0 Å². The number of hydrogen-bond acceptors (Lipinski definition) is 2. The first kappa shape index (κ1) is 13.5. The molecule has 0 heterocycles. The Kier molecular flexibility index (Phi) is 5.43. The Morgan fingerprint density at radius 1 is 1.53 bits per heavy atom. The summed E-state index contributed by atoms with van der Waals surface area (Å²) in [6.45, 7) is 6.99. The van der Waals surface area contributed by atoms with Crippen molar-refractivity contribution in [2.75, 3.05) is 20.3 Å². The second kappa shape index (κ2) is 6.86. The lowest BCUT2D eigenvalue weighted by Gasteiger charge is -2.09. The second-order valence-electron chi connectivity index (χ2n) is 3.84. The molecule has 92 valence electrons. The van der Waals surface area contributed by atoms with Crippen molar-refractivity contribution in [3.63, 3.8) is 0 Å². The molecule has 0 saturated carbocycles. The minimum atomic E-state index is -0.0558. The van der Waals surface area contributed by atoms with E-state index in [4.69, 9.17) is 4.74 Å². The summed E-state index contributed by atoms with van der Waals surface area (Å²) in [6, 6.07) is 5.67. The van der Waals surface area contributed by atoms with Crippen molar-refractivity contribution in [1.29, 1.82) is 0 Å². The summed E-state index contributed by atoms with van der Waals surface area (Å²) in [4.78, 5) is 11.9. The standard InChI is InChI=1S/C14H19NO2/c1-4-12-11(2)7-5-8-13(12)14(16)15-9-6-10-17-3/h4-5,7-8H,1,6,9-10H2,2-3H3,(H,15,16). The number of amides is 1. The molecule has 0 aromatic heterocycles. The lowest BCUT2D eigenvalue weighted by molar-refractivity contribution is 0.0948. The first-order valence-electron chi connectivity index (χ1n) is 5.70. The third kappa shape index (κ3) is 3.71. The zero-order valence-electron chi connectivity index (χ0n) is 10.5. The molecule has 1 aromatic rings. The van der Waals surface area contributed by atoms with E-state index in [1.807, 2.05) is 25.1 Å². The molecule has 0 spiro atoms. The highest BCUT2D eigenvalue weighted by Crippen LogP contribution is 2.15. The molecule has 0 saturated heterocycles. The number of benzene rings is 1. The second-order valence-corrected chi connectivity index (χ2v) is 3.84. The molecule has 0 fully saturated rings. The molecular weight excluding hydrogens is 214 g/mol. The number of methoxy groups -OCH3 is 1. The van der Waals surface area contributed by atoms with Gasteiger partial charge in [0.1, 0.15) is 0 Å². The van der Waals surface area contributed by atoms with E-state index in [2.05, 4.69) is 11.9 Å². The summed E-state index contributed by atoms with van der Waals surface area (Å²) in [5, 5.41) is 2.87. The zero-order valence-corrected chi connectivity index (χ0v) is 10.5. The van der Waals surface area contributed by atoms with Crippen molar-refractivity contribution < 1.29 is 9.53 Å². The molecule has 0 atom stereocenters. The summed E-state index contributed by atoms with van der Waals surface area (Å²) in [7, 11) is 1.65. The zero-order chi connectivity index (χ0) is 12.7. The van der Waals surface area contributed by atoms with Gasteiger partial charge in [-0.3, -0.25) is 4.79 Å². The van der Waals surface area contributed by atoms with Crippen LogP contribution in [-0.4, -0.2) is 26.2 Å². The number of nitrogens with one attached hydrogen (secondary N) is 1. The van der Waals surface area contributed by atoms with Gasteiger partial charge in [-0.2, -0.15) is 0 Å². The average Bonchev–Trinajstić information content (AvgIpc) is 2.34. The van der Waals surface area contributed by atoms with Crippen molar-refractivity contribution in [1.82, 2.24) is 5.32 Å². The van der Waals surface area contributed by atoms with E-state index in [1.165, 1.54) is 0 Å². The van der Waals surface area contributed by atoms with E-state index >= 15 is 0 Å². The predicted molar refractivity (Wildman–Crippen MR) is 70.1 cm³/mol. The molecule has 17 heavy (non-hydrogen) atoms. The maximum absolute atomic E-state index is 11.9. The van der Waals surface area contributed by atoms with Crippen molar-refractivity contribution in [2.45, 2.75) is 13.3 Å². The van der Waals surface area contributed by atoms with E-state index in [-0.39, 0.29) is 5.91 Å². The minimum Gasteiger partial charge on any atom is -0.385 e. The average molecular weight is 233 g/mol. The lowest BCUT2D eigenvalue weighted by Crippen LogP contribution is -2.26. The molecule has 1 aromatic carbocycles. The Hall–Kier alpha value is -1.61. The van der Waals surface area contributed by atoms with Gasteiger partial charge in [0, 0.05) is 25.8 Å². The summed E-state index contributed by atoms with van der Waals surface area (Å²) >= 11 is 0. The molecule has 3 nitrogen and oxygen atoms in total. The Morgan fingerprint density at radius 2 is 2.29 bits per heavy atom. The van der Waals surface area contributed by atoms with Crippen molar-refractivity contribution in [2.24, 2.45) is 0 Å². The van der Waals surface area contributed by atoms with Crippen LogP contribution in [0.1, 0.15) is 27.9 Å². The van der Waals surface area contributed by atoms with Crippen molar-refractivity contribution in [3.8, 4) is 0 Å². The number of aryl methyl sites for hydroxylation is 1. The van der Waals surface area contributed by atoms with Gasteiger partial charge in [0.2, 0.25) is 0 Å². The summed E-state index contributed by atoms with van der Waals surface area (Å²) in [5.74, 6) is -0.0558. The third-order valence-corrected chi connectivity index (χ3v) is 2.58. The summed E-state index contributed by atoms with van der Waals surface area (Å²) < 4.78 is 4.93. The Balaban J connectivity index is 2.68. The Labute approximate surface area is 102 Å². The van der Waals surface area contributed by atoms with Gasteiger partial charge in [0.15, 0.2) is 0 Å². The van der Waals surface area contributed by atoms with Gasteiger partial charge >= 0.3 is 0 Å². The van der Waals surface area contributed by atoms with Crippen LogP contribution in [0.5, 0.6) is 0 Å². The molecule has 0 aliphatic rings. The van der Waals surface area contributed by atoms with E-state index in [1.54, 1.807) is 13.2 Å². The maximum Gasteiger partial charge on any atom is 0.251 e. The lowest BCUT2D eigenvalue weighted by atomic mass is 10.0. The van der Waals surface area contributed by atoms with Gasteiger partial charge in [0.05, 0.1) is 0 Å². The molecule has 1 N–H and O–H groups in total. The molecular formula is C14H19NO2. The fourth-order valence-corrected chi connectivity index (χ4v) is 1.66. The van der Waals surface area contributed by atoms with Crippen LogP contribution in [0.3, 0.4) is 0 Å². The van der Waals surface area contributed by atoms with Crippen molar-refractivity contribution in [3.05, 3.63) is 41.5 Å². The molecule has 3 heteroatoms. The number of ether oxygens (including phenoxy) is 1. The van der Waals surface area contributed by atoms with E-state index in [0.29, 0.717) is 18.7 Å². The first-order chi connectivity index (χ1) is 8.20. The largest absolute Gasteiger partial charge is 0.385 e. The molecule has 0 aliphatic heterocycles. The summed E-state index contributed by atoms with van der Waals surface area (Å²) in [5.41, 5.74) is 2.64. The topological polar surface area (TPSA) is 38.3 Å². The van der Waals surface area contributed by atoms with Gasteiger partial charge < -0.3 is 10.1 Å². The Morgan fingerprint density at radius 3 is 2.94 bits per heavy atom. The van der Waals surface area contributed by atoms with E-state index in [9.17, 15) is 4.79 Å². The number of carbonyl (C=O) groups excluding carboxylic acids is 1.